The van der Waals surface area contributed by atoms with E-state index in [-0.39, 0.29) is 5.91 Å². The first-order valence-electron chi connectivity index (χ1n) is 6.07. The lowest BCUT2D eigenvalue weighted by molar-refractivity contribution is -0.127. The van der Waals surface area contributed by atoms with Crippen LogP contribution in [0, 0.1) is 5.41 Å². The van der Waals surface area contributed by atoms with E-state index in [0.29, 0.717) is 19.4 Å². The van der Waals surface area contributed by atoms with Crippen molar-refractivity contribution in [3.63, 3.8) is 0 Å². The summed E-state index contributed by atoms with van der Waals surface area (Å²) >= 11 is 0. The molecule has 0 bridgehead atoms. The Hall–Kier alpha value is -2.03. The highest BCUT2D eigenvalue weighted by atomic mass is 16.2. The lowest BCUT2D eigenvalue weighted by atomic mass is 9.81. The number of benzene rings is 1. The fourth-order valence-corrected chi connectivity index (χ4v) is 2.37. The fraction of sp³-hybridized carbons (Fsp3) is 0.267. The van der Waals surface area contributed by atoms with Crippen molar-refractivity contribution in [3.05, 3.63) is 55.6 Å². The van der Waals surface area contributed by atoms with Gasteiger partial charge in [0.2, 0.25) is 5.91 Å². The molecule has 2 rings (SSSR count). The minimum absolute atomic E-state index is 0.0474. The zero-order valence-corrected chi connectivity index (χ0v) is 10.4. The van der Waals surface area contributed by atoms with Gasteiger partial charge in [-0.1, -0.05) is 30.4 Å². The van der Waals surface area contributed by atoms with Crippen molar-refractivity contribution >= 4 is 11.6 Å². The Bertz CT molecular complexity index is 443. The molecule has 1 aliphatic rings. The van der Waals surface area contributed by atoms with Gasteiger partial charge in [-0.25, -0.2) is 0 Å². The number of carbonyl (C=O) groups excluding carboxylic acids is 1. The fourth-order valence-electron chi connectivity index (χ4n) is 2.37. The van der Waals surface area contributed by atoms with Crippen LogP contribution in [0.2, 0.25) is 0 Å². The standard InChI is InChI=1S/C15H18N2O/c1-3-10-15(11-4-2)12-17(16-14(15)18)13-8-6-5-7-9-13/h3-9H,1-2,10-12H2,(H,16,18). The first-order chi connectivity index (χ1) is 8.72. The summed E-state index contributed by atoms with van der Waals surface area (Å²) in [5.41, 5.74) is 3.50. The first-order valence-corrected chi connectivity index (χ1v) is 6.07. The molecule has 3 heteroatoms. The summed E-state index contributed by atoms with van der Waals surface area (Å²) in [6.07, 6.45) is 4.93. The number of amides is 1. The molecular formula is C15H18N2O. The van der Waals surface area contributed by atoms with E-state index in [9.17, 15) is 4.79 Å². The Balaban J connectivity index is 2.24. The summed E-state index contributed by atoms with van der Waals surface area (Å²) in [4.78, 5) is 12.2. The van der Waals surface area contributed by atoms with Crippen molar-refractivity contribution in [2.24, 2.45) is 5.41 Å². The molecule has 1 fully saturated rings. The van der Waals surface area contributed by atoms with Crippen molar-refractivity contribution in [1.29, 1.82) is 0 Å². The van der Waals surface area contributed by atoms with Crippen molar-refractivity contribution in [3.8, 4) is 0 Å². The number of rotatable bonds is 5. The van der Waals surface area contributed by atoms with Gasteiger partial charge < -0.3 is 0 Å². The van der Waals surface area contributed by atoms with Gasteiger partial charge in [-0.2, -0.15) is 0 Å². The van der Waals surface area contributed by atoms with Gasteiger partial charge in [0, 0.05) is 0 Å². The van der Waals surface area contributed by atoms with Gasteiger partial charge in [0.25, 0.3) is 0 Å². The molecule has 0 saturated carbocycles. The van der Waals surface area contributed by atoms with Crippen molar-refractivity contribution in [1.82, 2.24) is 5.43 Å². The maximum absolute atomic E-state index is 12.2. The average molecular weight is 242 g/mol. The third-order valence-corrected chi connectivity index (χ3v) is 3.32. The summed E-state index contributed by atoms with van der Waals surface area (Å²) in [6, 6.07) is 9.85. The average Bonchev–Trinajstić information content (AvgIpc) is 2.69. The predicted molar refractivity (Wildman–Crippen MR) is 74.0 cm³/mol. The second-order valence-corrected chi connectivity index (χ2v) is 4.63. The van der Waals surface area contributed by atoms with Crippen LogP contribution in [0.1, 0.15) is 12.8 Å². The van der Waals surface area contributed by atoms with Crippen LogP contribution in [-0.2, 0) is 4.79 Å². The summed E-state index contributed by atoms with van der Waals surface area (Å²) < 4.78 is 0. The third-order valence-electron chi connectivity index (χ3n) is 3.32. The number of carbonyl (C=O) groups is 1. The summed E-state index contributed by atoms with van der Waals surface area (Å²) in [7, 11) is 0. The molecule has 0 radical (unpaired) electrons. The highest BCUT2D eigenvalue weighted by Gasteiger charge is 2.44. The smallest absolute Gasteiger partial charge is 0.247 e. The van der Waals surface area contributed by atoms with Gasteiger partial charge in [-0.05, 0) is 25.0 Å². The normalized spacial score (nSPS) is 17.3. The number of hydrogen-bond donors (Lipinski definition) is 1. The molecule has 0 unspecified atom stereocenters. The van der Waals surface area contributed by atoms with Gasteiger partial charge in [0.05, 0.1) is 17.6 Å². The van der Waals surface area contributed by atoms with E-state index in [4.69, 9.17) is 0 Å². The minimum Gasteiger partial charge on any atom is -0.284 e. The summed E-state index contributed by atoms with van der Waals surface area (Å²) in [5, 5.41) is 1.90. The molecule has 0 spiro atoms. The number of nitrogens with zero attached hydrogens (tertiary/aromatic N) is 1. The lowest BCUT2D eigenvalue weighted by Gasteiger charge is -2.23. The largest absolute Gasteiger partial charge is 0.284 e. The number of para-hydroxylation sites is 1. The molecule has 1 aromatic rings. The highest BCUT2D eigenvalue weighted by molar-refractivity contribution is 5.88. The molecule has 1 heterocycles. The number of hydrazine groups is 1. The van der Waals surface area contributed by atoms with Gasteiger partial charge >= 0.3 is 0 Å². The molecule has 1 N–H and O–H groups in total. The predicted octanol–water partition coefficient (Wildman–Crippen LogP) is 2.68. The monoisotopic (exact) mass is 242 g/mol. The van der Waals surface area contributed by atoms with Crippen molar-refractivity contribution in [2.45, 2.75) is 12.8 Å². The van der Waals surface area contributed by atoms with Crippen molar-refractivity contribution in [2.75, 3.05) is 11.6 Å². The number of hydrogen-bond acceptors (Lipinski definition) is 2. The van der Waals surface area contributed by atoms with Crippen LogP contribution >= 0.6 is 0 Å². The summed E-state index contributed by atoms with van der Waals surface area (Å²) in [6.45, 7) is 8.15. The van der Waals surface area contributed by atoms with E-state index in [2.05, 4.69) is 18.6 Å². The third kappa shape index (κ3) is 2.16. The lowest BCUT2D eigenvalue weighted by Crippen LogP contribution is -2.33. The number of anilines is 1. The molecule has 1 aromatic carbocycles. The van der Waals surface area contributed by atoms with Crippen LogP contribution in [0.15, 0.2) is 55.6 Å². The molecule has 1 aliphatic heterocycles. The van der Waals surface area contributed by atoms with E-state index in [0.717, 1.165) is 5.69 Å². The molecule has 0 aromatic heterocycles. The van der Waals surface area contributed by atoms with Crippen LogP contribution in [0.25, 0.3) is 0 Å². The van der Waals surface area contributed by atoms with Gasteiger partial charge in [-0.3, -0.25) is 15.2 Å². The second kappa shape index (κ2) is 5.08. The van der Waals surface area contributed by atoms with E-state index >= 15 is 0 Å². The van der Waals surface area contributed by atoms with Crippen LogP contribution in [0.5, 0.6) is 0 Å². The molecule has 18 heavy (non-hydrogen) atoms. The van der Waals surface area contributed by atoms with E-state index < -0.39 is 5.41 Å². The quantitative estimate of drug-likeness (QED) is 0.805. The molecule has 94 valence electrons. The molecule has 1 saturated heterocycles. The van der Waals surface area contributed by atoms with Crippen LogP contribution < -0.4 is 10.4 Å². The first kappa shape index (κ1) is 12.4. The Kier molecular flexibility index (Phi) is 3.51. The SMILES string of the molecule is C=CCC1(CC=C)CN(c2ccccc2)NC1=O. The molecule has 0 atom stereocenters. The second-order valence-electron chi connectivity index (χ2n) is 4.63. The highest BCUT2D eigenvalue weighted by Crippen LogP contribution is 2.35. The molecule has 1 amide bonds. The molecular weight excluding hydrogens is 224 g/mol. The topological polar surface area (TPSA) is 32.3 Å². The number of nitrogens with one attached hydrogen (secondary N) is 1. The molecule has 3 nitrogen and oxygen atoms in total. The zero-order chi connectivity index (χ0) is 13.0. The summed E-state index contributed by atoms with van der Waals surface area (Å²) in [5.74, 6) is 0.0474. The minimum atomic E-state index is -0.431. The van der Waals surface area contributed by atoms with Gasteiger partial charge in [-0.15, -0.1) is 13.2 Å². The van der Waals surface area contributed by atoms with Crippen LogP contribution in [0.4, 0.5) is 5.69 Å². The molecule has 0 aliphatic carbocycles. The van der Waals surface area contributed by atoms with Crippen LogP contribution in [-0.4, -0.2) is 12.5 Å². The van der Waals surface area contributed by atoms with E-state index in [1.807, 2.05) is 35.3 Å². The zero-order valence-electron chi connectivity index (χ0n) is 10.4. The Morgan fingerprint density at radius 2 is 1.83 bits per heavy atom. The van der Waals surface area contributed by atoms with Crippen molar-refractivity contribution < 1.29 is 4.79 Å². The van der Waals surface area contributed by atoms with Crippen LogP contribution in [0.3, 0.4) is 0 Å². The number of allylic oxidation sites excluding steroid dienone is 2. The van der Waals surface area contributed by atoms with Gasteiger partial charge in [0.1, 0.15) is 0 Å². The Morgan fingerprint density at radius 1 is 1.22 bits per heavy atom. The van der Waals surface area contributed by atoms with E-state index in [1.165, 1.54) is 0 Å². The Morgan fingerprint density at radius 3 is 2.39 bits per heavy atom. The maximum Gasteiger partial charge on any atom is 0.247 e. The van der Waals surface area contributed by atoms with E-state index in [1.54, 1.807) is 12.2 Å². The Labute approximate surface area is 108 Å². The maximum atomic E-state index is 12.2. The van der Waals surface area contributed by atoms with Gasteiger partial charge in [0.15, 0.2) is 0 Å².